The first-order valence-corrected chi connectivity index (χ1v) is 8.48. The summed E-state index contributed by atoms with van der Waals surface area (Å²) in [6.45, 7) is 1.96. The van der Waals surface area contributed by atoms with Gasteiger partial charge in [-0.1, -0.05) is 0 Å². The Morgan fingerprint density at radius 1 is 1.26 bits per heavy atom. The van der Waals surface area contributed by atoms with Crippen molar-refractivity contribution < 1.29 is 22.9 Å². The second kappa shape index (κ2) is 7.49. The van der Waals surface area contributed by atoms with Crippen molar-refractivity contribution in [2.24, 2.45) is 0 Å². The van der Waals surface area contributed by atoms with Gasteiger partial charge in [-0.2, -0.15) is 0 Å². The highest BCUT2D eigenvalue weighted by Gasteiger charge is 2.19. The average molecular weight is 343 g/mol. The van der Waals surface area contributed by atoms with Crippen molar-refractivity contribution in [3.63, 3.8) is 0 Å². The van der Waals surface area contributed by atoms with Crippen LogP contribution in [-0.2, 0) is 19.6 Å². The zero-order valence-corrected chi connectivity index (χ0v) is 13.1. The molecule has 1 fully saturated rings. The minimum atomic E-state index is -3.80. The van der Waals surface area contributed by atoms with Crippen LogP contribution in [-0.4, -0.2) is 57.0 Å². The Hall–Kier alpha value is -2.04. The molecule has 0 aromatic heterocycles. The van der Waals surface area contributed by atoms with Gasteiger partial charge >= 0.3 is 0 Å². The summed E-state index contributed by atoms with van der Waals surface area (Å²) in [6.07, 6.45) is 0.0478. The number of hydrogen-bond donors (Lipinski definition) is 1. The largest absolute Gasteiger partial charge is 0.378 e. The molecule has 1 heterocycles. The number of nitro benzene ring substituents is 1. The van der Waals surface area contributed by atoms with Gasteiger partial charge in [0.15, 0.2) is 0 Å². The van der Waals surface area contributed by atoms with Gasteiger partial charge in [0.2, 0.25) is 15.9 Å². The minimum Gasteiger partial charge on any atom is -0.378 e. The van der Waals surface area contributed by atoms with E-state index in [4.69, 9.17) is 4.74 Å². The summed E-state index contributed by atoms with van der Waals surface area (Å²) in [5, 5.41) is 10.5. The molecule has 1 saturated heterocycles. The van der Waals surface area contributed by atoms with Crippen LogP contribution in [0.1, 0.15) is 6.42 Å². The first-order valence-electron chi connectivity index (χ1n) is 7.00. The second-order valence-electron chi connectivity index (χ2n) is 4.89. The summed E-state index contributed by atoms with van der Waals surface area (Å²) in [5.74, 6) is -0.139. The predicted molar refractivity (Wildman–Crippen MR) is 80.3 cm³/mol. The highest BCUT2D eigenvalue weighted by Crippen LogP contribution is 2.15. The Morgan fingerprint density at radius 3 is 2.43 bits per heavy atom. The highest BCUT2D eigenvalue weighted by molar-refractivity contribution is 7.89. The molecule has 2 rings (SSSR count). The van der Waals surface area contributed by atoms with Gasteiger partial charge in [-0.25, -0.2) is 13.1 Å². The van der Waals surface area contributed by atoms with Crippen molar-refractivity contribution >= 4 is 21.6 Å². The van der Waals surface area contributed by atoms with E-state index in [-0.39, 0.29) is 29.5 Å². The van der Waals surface area contributed by atoms with Gasteiger partial charge in [-0.05, 0) is 12.1 Å². The Labute approximate surface area is 133 Å². The van der Waals surface area contributed by atoms with Crippen LogP contribution in [0.3, 0.4) is 0 Å². The number of sulfonamides is 1. The topological polar surface area (TPSA) is 119 Å². The number of rotatable bonds is 6. The van der Waals surface area contributed by atoms with Gasteiger partial charge in [-0.15, -0.1) is 0 Å². The van der Waals surface area contributed by atoms with Gasteiger partial charge in [0.05, 0.1) is 23.0 Å². The van der Waals surface area contributed by atoms with Crippen molar-refractivity contribution in [1.82, 2.24) is 9.62 Å². The van der Waals surface area contributed by atoms with Crippen LogP contribution < -0.4 is 4.72 Å². The molecule has 1 N–H and O–H groups in total. The second-order valence-corrected chi connectivity index (χ2v) is 6.66. The van der Waals surface area contributed by atoms with Crippen LogP contribution in [0.25, 0.3) is 0 Å². The Bertz CT molecular complexity index is 667. The van der Waals surface area contributed by atoms with Crippen molar-refractivity contribution in [2.75, 3.05) is 32.8 Å². The number of ether oxygens (including phenoxy) is 1. The number of nitro groups is 1. The fourth-order valence-electron chi connectivity index (χ4n) is 2.09. The van der Waals surface area contributed by atoms with E-state index >= 15 is 0 Å². The average Bonchev–Trinajstić information content (AvgIpc) is 2.55. The summed E-state index contributed by atoms with van der Waals surface area (Å²) in [5.41, 5.74) is -0.188. The number of non-ortho nitro benzene ring substituents is 1. The molecule has 1 amide bonds. The monoisotopic (exact) mass is 343 g/mol. The number of nitrogens with one attached hydrogen (secondary N) is 1. The maximum Gasteiger partial charge on any atom is 0.269 e. The van der Waals surface area contributed by atoms with Crippen molar-refractivity contribution in [3.05, 3.63) is 34.4 Å². The molecule has 1 aromatic carbocycles. The lowest BCUT2D eigenvalue weighted by molar-refractivity contribution is -0.384. The van der Waals surface area contributed by atoms with Crippen molar-refractivity contribution in [2.45, 2.75) is 11.3 Å². The van der Waals surface area contributed by atoms with Gasteiger partial charge in [0.1, 0.15) is 0 Å². The number of benzene rings is 1. The van der Waals surface area contributed by atoms with E-state index in [9.17, 15) is 23.3 Å². The maximum absolute atomic E-state index is 12.0. The normalized spacial score (nSPS) is 15.4. The summed E-state index contributed by atoms with van der Waals surface area (Å²) < 4.78 is 31.5. The predicted octanol–water partition coefficient (Wildman–Crippen LogP) is 0.122. The van der Waals surface area contributed by atoms with E-state index in [0.29, 0.717) is 26.3 Å². The quantitative estimate of drug-likeness (QED) is 0.579. The summed E-state index contributed by atoms with van der Waals surface area (Å²) in [7, 11) is -3.80. The van der Waals surface area contributed by atoms with Crippen LogP contribution in [0, 0.1) is 10.1 Å². The highest BCUT2D eigenvalue weighted by atomic mass is 32.2. The lowest BCUT2D eigenvalue weighted by atomic mass is 10.3. The number of nitrogens with zero attached hydrogens (tertiary/aromatic N) is 2. The summed E-state index contributed by atoms with van der Waals surface area (Å²) in [4.78, 5) is 23.4. The SMILES string of the molecule is O=C(CCNS(=O)(=O)c1ccc([N+](=O)[O-])cc1)N1CCOCC1. The first kappa shape index (κ1) is 17.3. The van der Waals surface area contributed by atoms with E-state index in [1.165, 1.54) is 0 Å². The van der Waals surface area contributed by atoms with Crippen LogP contribution in [0.15, 0.2) is 29.2 Å². The first-order chi connectivity index (χ1) is 10.9. The summed E-state index contributed by atoms with van der Waals surface area (Å²) in [6, 6.07) is 4.55. The van der Waals surface area contributed by atoms with E-state index in [1.807, 2.05) is 0 Å². The standard InChI is InChI=1S/C13H17N3O6S/c17-13(15-7-9-22-10-8-15)5-6-14-23(20,21)12-3-1-11(2-4-12)16(18)19/h1-4,14H,5-10H2. The zero-order chi connectivity index (χ0) is 16.9. The van der Waals surface area contributed by atoms with Crippen LogP contribution in [0.4, 0.5) is 5.69 Å². The molecule has 9 nitrogen and oxygen atoms in total. The van der Waals surface area contributed by atoms with E-state index in [1.54, 1.807) is 4.90 Å². The van der Waals surface area contributed by atoms with E-state index < -0.39 is 14.9 Å². The lowest BCUT2D eigenvalue weighted by Crippen LogP contribution is -2.42. The molecule has 0 unspecified atom stereocenters. The Kier molecular flexibility index (Phi) is 5.64. The third kappa shape index (κ3) is 4.71. The molecule has 126 valence electrons. The zero-order valence-electron chi connectivity index (χ0n) is 12.3. The molecule has 0 saturated carbocycles. The smallest absolute Gasteiger partial charge is 0.269 e. The van der Waals surface area contributed by atoms with Crippen molar-refractivity contribution in [1.29, 1.82) is 0 Å². The van der Waals surface area contributed by atoms with Crippen LogP contribution in [0.2, 0.25) is 0 Å². The maximum atomic E-state index is 12.0. The van der Waals surface area contributed by atoms with Crippen LogP contribution in [0.5, 0.6) is 0 Å². The van der Waals surface area contributed by atoms with Gasteiger partial charge in [-0.3, -0.25) is 14.9 Å². The molecule has 1 aliphatic heterocycles. The molecule has 0 spiro atoms. The molecule has 0 radical (unpaired) electrons. The van der Waals surface area contributed by atoms with Gasteiger partial charge in [0, 0.05) is 38.2 Å². The third-order valence-electron chi connectivity index (χ3n) is 3.35. The fourth-order valence-corrected chi connectivity index (χ4v) is 3.13. The molecule has 1 aromatic rings. The van der Waals surface area contributed by atoms with E-state index in [2.05, 4.69) is 4.72 Å². The van der Waals surface area contributed by atoms with E-state index in [0.717, 1.165) is 24.3 Å². The number of morpholine rings is 1. The molecule has 1 aliphatic rings. The Balaban J connectivity index is 1.88. The fraction of sp³-hybridized carbons (Fsp3) is 0.462. The lowest BCUT2D eigenvalue weighted by Gasteiger charge is -2.26. The minimum absolute atomic E-state index is 0.0322. The van der Waals surface area contributed by atoms with Crippen LogP contribution >= 0.6 is 0 Å². The molecule has 0 bridgehead atoms. The Morgan fingerprint density at radius 2 is 1.87 bits per heavy atom. The van der Waals surface area contributed by atoms with Gasteiger partial charge in [0.25, 0.3) is 5.69 Å². The number of carbonyl (C=O) groups excluding carboxylic acids is 1. The molecular formula is C13H17N3O6S. The molecular weight excluding hydrogens is 326 g/mol. The molecule has 23 heavy (non-hydrogen) atoms. The van der Waals surface area contributed by atoms with Gasteiger partial charge < -0.3 is 9.64 Å². The molecule has 0 aliphatic carbocycles. The van der Waals surface area contributed by atoms with Crippen molar-refractivity contribution in [3.8, 4) is 0 Å². The third-order valence-corrected chi connectivity index (χ3v) is 4.83. The number of hydrogen-bond acceptors (Lipinski definition) is 6. The number of amides is 1. The molecule has 0 atom stereocenters. The summed E-state index contributed by atoms with van der Waals surface area (Å²) >= 11 is 0. The number of carbonyl (C=O) groups is 1. The molecule has 10 heteroatoms.